The van der Waals surface area contributed by atoms with E-state index in [2.05, 4.69) is 31.3 Å². The molecule has 1 heteroatoms. The maximum absolute atomic E-state index is 3.46. The summed E-state index contributed by atoms with van der Waals surface area (Å²) in [7, 11) is 0. The van der Waals surface area contributed by atoms with Crippen LogP contribution >= 0.6 is 0 Å². The molecule has 0 heterocycles. The van der Waals surface area contributed by atoms with E-state index in [1.165, 1.54) is 51.5 Å². The van der Waals surface area contributed by atoms with Crippen LogP contribution in [0.2, 0.25) is 0 Å². The average molecular weight is 197 g/mol. The van der Waals surface area contributed by atoms with Crippen LogP contribution in [-0.2, 0) is 0 Å². The largest absolute Gasteiger partial charge is 0.316 e. The number of nitrogens with one attached hydrogen (secondary N) is 1. The Bertz CT molecular complexity index is 118. The highest BCUT2D eigenvalue weighted by Crippen LogP contribution is 2.03. The maximum Gasteiger partial charge on any atom is -0.00143 e. The van der Waals surface area contributed by atoms with E-state index >= 15 is 0 Å². The topological polar surface area (TPSA) is 12.0 Å². The quantitative estimate of drug-likeness (QED) is 0.414. The van der Waals surface area contributed by atoms with Crippen molar-refractivity contribution in [2.24, 2.45) is 0 Å². The summed E-state index contributed by atoms with van der Waals surface area (Å²) in [5.74, 6) is 0. The Morgan fingerprint density at radius 1 is 0.929 bits per heavy atom. The predicted molar refractivity (Wildman–Crippen MR) is 65.7 cm³/mol. The van der Waals surface area contributed by atoms with Gasteiger partial charge in [-0.3, -0.25) is 0 Å². The lowest BCUT2D eigenvalue weighted by atomic mass is 10.1. The molecule has 0 aromatic heterocycles. The first-order chi connectivity index (χ1) is 6.91. The third-order valence-electron chi connectivity index (χ3n) is 2.43. The van der Waals surface area contributed by atoms with Crippen molar-refractivity contribution >= 4 is 0 Å². The zero-order valence-electron chi connectivity index (χ0n) is 10.0. The highest BCUT2D eigenvalue weighted by atomic mass is 14.8. The lowest BCUT2D eigenvalue weighted by molar-refractivity contribution is 0.574. The molecular weight excluding hydrogens is 170 g/mol. The Labute approximate surface area is 90.0 Å². The Balaban J connectivity index is 2.85. The first-order valence-corrected chi connectivity index (χ1v) is 6.23. The molecule has 0 saturated carbocycles. The summed E-state index contributed by atoms with van der Waals surface area (Å²) in [5, 5.41) is 3.46. The molecule has 0 saturated heterocycles. The summed E-state index contributed by atoms with van der Waals surface area (Å²) in [6, 6.07) is 0. The van der Waals surface area contributed by atoms with E-state index in [9.17, 15) is 0 Å². The fourth-order valence-corrected chi connectivity index (χ4v) is 1.51. The zero-order chi connectivity index (χ0) is 10.5. The van der Waals surface area contributed by atoms with Crippen LogP contribution in [0.5, 0.6) is 0 Å². The molecule has 0 aliphatic carbocycles. The van der Waals surface area contributed by atoms with Crippen LogP contribution in [0, 0.1) is 0 Å². The molecular formula is C13H27N. The molecule has 0 aliphatic rings. The Kier molecular flexibility index (Phi) is 12.4. The van der Waals surface area contributed by atoms with E-state index in [0.29, 0.717) is 0 Å². The fourth-order valence-electron chi connectivity index (χ4n) is 1.51. The number of allylic oxidation sites excluding steroid dienone is 1. The second-order valence-electron chi connectivity index (χ2n) is 3.88. The molecule has 0 radical (unpaired) electrons. The second-order valence-corrected chi connectivity index (χ2v) is 3.88. The van der Waals surface area contributed by atoms with E-state index in [0.717, 1.165) is 6.54 Å². The van der Waals surface area contributed by atoms with Crippen LogP contribution in [0.4, 0.5) is 0 Å². The molecule has 0 rings (SSSR count). The molecule has 0 amide bonds. The smallest absolute Gasteiger partial charge is 0.00143 e. The molecule has 0 bridgehead atoms. The summed E-state index contributed by atoms with van der Waals surface area (Å²) in [6.07, 6.45) is 13.9. The lowest BCUT2D eigenvalue weighted by Gasteiger charge is -2.02. The van der Waals surface area contributed by atoms with Crippen LogP contribution in [0.3, 0.4) is 0 Å². The Morgan fingerprint density at radius 2 is 1.64 bits per heavy atom. The molecule has 0 aromatic carbocycles. The Hall–Kier alpha value is -0.300. The van der Waals surface area contributed by atoms with Crippen molar-refractivity contribution < 1.29 is 0 Å². The predicted octanol–water partition coefficient (Wildman–Crippen LogP) is 3.90. The van der Waals surface area contributed by atoms with Crippen LogP contribution in [-0.4, -0.2) is 13.1 Å². The van der Waals surface area contributed by atoms with Gasteiger partial charge in [0.15, 0.2) is 0 Å². The van der Waals surface area contributed by atoms with Gasteiger partial charge in [-0.25, -0.2) is 0 Å². The molecule has 0 fully saturated rings. The molecule has 0 unspecified atom stereocenters. The van der Waals surface area contributed by atoms with Crippen molar-refractivity contribution in [3.63, 3.8) is 0 Å². The highest BCUT2D eigenvalue weighted by Gasteiger charge is 1.89. The molecule has 14 heavy (non-hydrogen) atoms. The minimum absolute atomic E-state index is 1.14. The van der Waals surface area contributed by atoms with Gasteiger partial charge >= 0.3 is 0 Å². The van der Waals surface area contributed by atoms with E-state index in [1.54, 1.807) is 0 Å². The van der Waals surface area contributed by atoms with Crippen molar-refractivity contribution in [1.29, 1.82) is 0 Å². The van der Waals surface area contributed by atoms with Crippen molar-refractivity contribution in [2.45, 2.75) is 58.8 Å². The van der Waals surface area contributed by atoms with Crippen molar-refractivity contribution in [3.8, 4) is 0 Å². The standard InChI is InChI=1S/C13H27N/c1-3-5-7-8-9-11-13-14-12-10-6-4-2/h4,6,14H,3,5,7-13H2,1-2H3/b6-4+. The average Bonchev–Trinajstić information content (AvgIpc) is 2.21. The van der Waals surface area contributed by atoms with Crippen molar-refractivity contribution in [2.75, 3.05) is 13.1 Å². The van der Waals surface area contributed by atoms with Gasteiger partial charge in [-0.1, -0.05) is 51.2 Å². The van der Waals surface area contributed by atoms with Gasteiger partial charge in [0.25, 0.3) is 0 Å². The second kappa shape index (κ2) is 12.7. The van der Waals surface area contributed by atoms with Gasteiger partial charge in [0.1, 0.15) is 0 Å². The molecule has 0 atom stereocenters. The molecule has 0 spiro atoms. The number of rotatable bonds is 10. The van der Waals surface area contributed by atoms with Crippen molar-refractivity contribution in [1.82, 2.24) is 5.32 Å². The molecule has 0 aromatic rings. The lowest BCUT2D eigenvalue weighted by Crippen LogP contribution is -2.15. The van der Waals surface area contributed by atoms with E-state index in [-0.39, 0.29) is 0 Å². The SMILES string of the molecule is C/C=C/CCNCCCCCCCC. The summed E-state index contributed by atoms with van der Waals surface area (Å²) < 4.78 is 0. The highest BCUT2D eigenvalue weighted by molar-refractivity contribution is 4.77. The van der Waals surface area contributed by atoms with Crippen molar-refractivity contribution in [3.05, 3.63) is 12.2 Å². The van der Waals surface area contributed by atoms with Gasteiger partial charge in [-0.05, 0) is 32.9 Å². The Morgan fingerprint density at radius 3 is 2.36 bits per heavy atom. The van der Waals surface area contributed by atoms with E-state index < -0.39 is 0 Å². The van der Waals surface area contributed by atoms with Crippen LogP contribution in [0.25, 0.3) is 0 Å². The first-order valence-electron chi connectivity index (χ1n) is 6.23. The minimum Gasteiger partial charge on any atom is -0.316 e. The van der Waals surface area contributed by atoms with Crippen LogP contribution < -0.4 is 5.32 Å². The van der Waals surface area contributed by atoms with E-state index in [1.807, 2.05) is 0 Å². The first kappa shape index (κ1) is 13.7. The van der Waals surface area contributed by atoms with Crippen LogP contribution in [0.1, 0.15) is 58.8 Å². The number of unbranched alkanes of at least 4 members (excludes halogenated alkanes) is 5. The normalized spacial score (nSPS) is 11.3. The minimum atomic E-state index is 1.14. The maximum atomic E-state index is 3.46. The van der Waals surface area contributed by atoms with Gasteiger partial charge in [0, 0.05) is 0 Å². The summed E-state index contributed by atoms with van der Waals surface area (Å²) in [4.78, 5) is 0. The van der Waals surface area contributed by atoms with Gasteiger partial charge in [0.2, 0.25) is 0 Å². The fraction of sp³-hybridized carbons (Fsp3) is 0.846. The van der Waals surface area contributed by atoms with Gasteiger partial charge in [-0.2, -0.15) is 0 Å². The third kappa shape index (κ3) is 11.7. The van der Waals surface area contributed by atoms with E-state index in [4.69, 9.17) is 0 Å². The molecule has 84 valence electrons. The summed E-state index contributed by atoms with van der Waals surface area (Å²) in [5.41, 5.74) is 0. The van der Waals surface area contributed by atoms with Gasteiger partial charge in [-0.15, -0.1) is 0 Å². The number of hydrogen-bond donors (Lipinski definition) is 1. The van der Waals surface area contributed by atoms with Crippen LogP contribution in [0.15, 0.2) is 12.2 Å². The zero-order valence-corrected chi connectivity index (χ0v) is 10.0. The molecule has 0 aliphatic heterocycles. The third-order valence-corrected chi connectivity index (χ3v) is 2.43. The van der Waals surface area contributed by atoms with Gasteiger partial charge in [0.05, 0.1) is 0 Å². The monoisotopic (exact) mass is 197 g/mol. The molecule has 1 nitrogen and oxygen atoms in total. The molecule has 1 N–H and O–H groups in total. The van der Waals surface area contributed by atoms with Gasteiger partial charge < -0.3 is 5.32 Å². The summed E-state index contributed by atoms with van der Waals surface area (Å²) in [6.45, 7) is 6.68. The summed E-state index contributed by atoms with van der Waals surface area (Å²) >= 11 is 0. The number of hydrogen-bond acceptors (Lipinski definition) is 1.